The number of hydrogen-bond donors (Lipinski definition) is 3. The van der Waals surface area contributed by atoms with Crippen LogP contribution in [0.2, 0.25) is 0 Å². The molecule has 10 atom stereocenters. The lowest BCUT2D eigenvalue weighted by atomic mass is 9.84. The van der Waals surface area contributed by atoms with Gasteiger partial charge in [0.2, 0.25) is 5.76 Å². The van der Waals surface area contributed by atoms with E-state index in [-0.39, 0.29) is 35.2 Å². The van der Waals surface area contributed by atoms with Crippen LogP contribution in [0, 0.1) is 35.5 Å². The highest BCUT2D eigenvalue weighted by atomic mass is 16.6. The third kappa shape index (κ3) is 11.8. The molecule has 8 heteroatoms. The summed E-state index contributed by atoms with van der Waals surface area (Å²) in [7, 11) is 2.86. The van der Waals surface area contributed by atoms with E-state index in [1.54, 1.807) is 32.1 Å². The molecule has 0 amide bonds. The van der Waals surface area contributed by atoms with Crippen molar-refractivity contribution in [1.82, 2.24) is 0 Å². The highest BCUT2D eigenvalue weighted by Gasteiger charge is 2.38. The molecule has 0 aliphatic carbocycles. The van der Waals surface area contributed by atoms with Gasteiger partial charge in [0, 0.05) is 30.8 Å². The summed E-state index contributed by atoms with van der Waals surface area (Å²) in [6.45, 7) is 16.7. The Labute approximate surface area is 259 Å². The summed E-state index contributed by atoms with van der Waals surface area (Å²) in [4.78, 5) is 26.4. The maximum atomic E-state index is 13.4. The second-order valence-corrected chi connectivity index (χ2v) is 12.6. The van der Waals surface area contributed by atoms with Gasteiger partial charge in [-0.1, -0.05) is 90.0 Å². The topological polar surface area (TPSA) is 123 Å². The number of aliphatic hydroxyl groups is 3. The van der Waals surface area contributed by atoms with E-state index in [1.165, 1.54) is 20.3 Å². The normalized spacial score (nSPS) is 32.7. The van der Waals surface area contributed by atoms with Crippen LogP contribution in [0.1, 0.15) is 68.7 Å². The highest BCUT2D eigenvalue weighted by Crippen LogP contribution is 2.27. The lowest BCUT2D eigenvalue weighted by Gasteiger charge is -2.33. The second kappa shape index (κ2) is 18.3. The summed E-state index contributed by atoms with van der Waals surface area (Å²) in [5.41, 5.74) is 1.78. The lowest BCUT2D eigenvalue weighted by molar-refractivity contribution is -0.162. The van der Waals surface area contributed by atoms with E-state index < -0.39 is 48.3 Å². The number of hydrogen-bond acceptors (Lipinski definition) is 8. The van der Waals surface area contributed by atoms with E-state index in [1.807, 2.05) is 66.7 Å². The fourth-order valence-corrected chi connectivity index (χ4v) is 5.43. The lowest BCUT2D eigenvalue weighted by Crippen LogP contribution is -2.45. The third-order valence-electron chi connectivity index (χ3n) is 8.40. The van der Waals surface area contributed by atoms with E-state index in [0.717, 1.165) is 11.1 Å². The predicted octanol–water partition coefficient (Wildman–Crippen LogP) is 5.34. The molecule has 3 N–H and O–H groups in total. The highest BCUT2D eigenvalue weighted by molar-refractivity contribution is 5.92. The Morgan fingerprint density at radius 3 is 2.26 bits per heavy atom. The van der Waals surface area contributed by atoms with Crippen LogP contribution in [0.15, 0.2) is 59.4 Å². The average molecular weight is 605 g/mol. The number of carbonyl (C=O) groups is 2. The first-order chi connectivity index (χ1) is 20.0. The Morgan fingerprint density at radius 1 is 1.07 bits per heavy atom. The van der Waals surface area contributed by atoms with Crippen LogP contribution in [0.3, 0.4) is 0 Å². The van der Waals surface area contributed by atoms with Gasteiger partial charge >= 0.3 is 5.97 Å². The third-order valence-corrected chi connectivity index (χ3v) is 8.40. The van der Waals surface area contributed by atoms with Crippen molar-refractivity contribution in [3.05, 3.63) is 59.4 Å². The maximum absolute atomic E-state index is 13.4. The zero-order valence-corrected chi connectivity index (χ0v) is 28.0. The Morgan fingerprint density at radius 2 is 1.70 bits per heavy atom. The van der Waals surface area contributed by atoms with E-state index in [2.05, 4.69) is 0 Å². The average Bonchev–Trinajstić information content (AvgIpc) is 2.96. The van der Waals surface area contributed by atoms with E-state index in [0.29, 0.717) is 6.42 Å². The van der Waals surface area contributed by atoms with Gasteiger partial charge in [0.05, 0.1) is 25.4 Å². The van der Waals surface area contributed by atoms with Gasteiger partial charge in [0.15, 0.2) is 5.78 Å². The number of aliphatic hydroxyl groups excluding tert-OH is 3. The van der Waals surface area contributed by atoms with Gasteiger partial charge in [0.25, 0.3) is 0 Å². The summed E-state index contributed by atoms with van der Waals surface area (Å²) in [5, 5.41) is 32.5. The molecule has 1 heterocycles. The van der Waals surface area contributed by atoms with Crippen LogP contribution >= 0.6 is 0 Å². The van der Waals surface area contributed by atoms with Crippen molar-refractivity contribution in [2.45, 2.75) is 99.3 Å². The first kappa shape index (κ1) is 38.5. The fraction of sp³-hybridized carbons (Fsp3) is 0.657. The van der Waals surface area contributed by atoms with Gasteiger partial charge < -0.3 is 29.5 Å². The number of esters is 1. The summed E-state index contributed by atoms with van der Waals surface area (Å²) in [6.07, 6.45) is 8.65. The number of rotatable bonds is 10. The second-order valence-electron chi connectivity index (χ2n) is 12.6. The van der Waals surface area contributed by atoms with Crippen molar-refractivity contribution in [1.29, 1.82) is 0 Å². The molecule has 8 nitrogen and oxygen atoms in total. The molecular formula is C35H56O8. The Balaban J connectivity index is 3.46. The van der Waals surface area contributed by atoms with Crippen molar-refractivity contribution in [3.8, 4) is 0 Å². The monoisotopic (exact) mass is 604 g/mol. The Bertz CT molecular complexity index is 1050. The summed E-state index contributed by atoms with van der Waals surface area (Å²) in [5.74, 6) is -2.96. The molecule has 0 unspecified atom stereocenters. The molecular weight excluding hydrogens is 548 g/mol. The van der Waals surface area contributed by atoms with Crippen molar-refractivity contribution < 1.29 is 39.1 Å². The predicted molar refractivity (Wildman–Crippen MR) is 170 cm³/mol. The Hall–Kier alpha value is -2.52. The molecule has 1 aliphatic rings. The Kier molecular flexibility index (Phi) is 16.4. The smallest absolute Gasteiger partial charge is 0.373 e. The quantitative estimate of drug-likeness (QED) is 0.226. The first-order valence-electron chi connectivity index (χ1n) is 15.3. The minimum Gasteiger partial charge on any atom is -0.490 e. The van der Waals surface area contributed by atoms with Gasteiger partial charge in [-0.25, -0.2) is 4.79 Å². The molecule has 244 valence electrons. The van der Waals surface area contributed by atoms with Crippen LogP contribution in [-0.4, -0.2) is 71.8 Å². The standard InChI is InChI=1S/C35H56O8/c1-20(2)31(37)23(5)15-16-28(36)26(8)33(39)27(9)34-29(41-10)14-12-13-21(3)17-24(6)32(38)25(7)18-22(4)19-30(42-11)35(40)43-34/h12-16,18-20,23-27,29,31-34,37-39H,17H2,1-11H3/b14-12+,16-15-,21-13+,22-18+,30-19+/t23-,24-,25+,26+,27-,29-,31+,32-,33-,34+/m0/s1. The first-order valence-corrected chi connectivity index (χ1v) is 15.3. The largest absolute Gasteiger partial charge is 0.490 e. The van der Waals surface area contributed by atoms with Crippen molar-refractivity contribution in [2.24, 2.45) is 35.5 Å². The molecule has 0 fully saturated rings. The fourth-order valence-electron chi connectivity index (χ4n) is 5.43. The van der Waals surface area contributed by atoms with Crippen molar-refractivity contribution in [3.63, 3.8) is 0 Å². The molecule has 43 heavy (non-hydrogen) atoms. The molecule has 0 aromatic carbocycles. The van der Waals surface area contributed by atoms with Gasteiger partial charge in [-0.05, 0) is 44.3 Å². The van der Waals surface area contributed by atoms with Crippen LogP contribution < -0.4 is 0 Å². The SMILES string of the molecule is CO/C1=C/C(C)=C/[C@@H](C)[C@@H](O)[C@@H](C)C/C(C)=C/C=C/[C@H](OC)[C@@H]([C@@H](C)[C@@H](O)[C@H](C)C(=O)/C=C\[C@H](C)[C@H](O)C(C)C)OC1=O. The molecule has 0 bridgehead atoms. The van der Waals surface area contributed by atoms with Crippen molar-refractivity contribution >= 4 is 11.8 Å². The molecule has 0 spiro atoms. The van der Waals surface area contributed by atoms with E-state index in [4.69, 9.17) is 14.2 Å². The number of ketones is 1. The molecule has 0 aromatic rings. The van der Waals surface area contributed by atoms with Crippen LogP contribution in [0.4, 0.5) is 0 Å². The van der Waals surface area contributed by atoms with Gasteiger partial charge in [-0.3, -0.25) is 4.79 Å². The summed E-state index contributed by atoms with van der Waals surface area (Å²) in [6, 6.07) is 0. The van der Waals surface area contributed by atoms with Crippen LogP contribution in [0.5, 0.6) is 0 Å². The minimum absolute atomic E-state index is 0.00159. The maximum Gasteiger partial charge on any atom is 0.373 e. The number of ether oxygens (including phenoxy) is 3. The summed E-state index contributed by atoms with van der Waals surface area (Å²) < 4.78 is 17.0. The zero-order valence-electron chi connectivity index (χ0n) is 28.0. The molecule has 1 aliphatic heterocycles. The number of cyclic esters (lactones) is 1. The molecule has 0 saturated carbocycles. The summed E-state index contributed by atoms with van der Waals surface area (Å²) >= 11 is 0. The van der Waals surface area contributed by atoms with E-state index >= 15 is 0 Å². The van der Waals surface area contributed by atoms with E-state index in [9.17, 15) is 24.9 Å². The molecule has 0 saturated heterocycles. The van der Waals surface area contributed by atoms with Gasteiger partial charge in [-0.2, -0.15) is 0 Å². The van der Waals surface area contributed by atoms with Crippen LogP contribution in [-0.2, 0) is 23.8 Å². The number of methoxy groups -OCH3 is 2. The molecule has 1 rings (SSSR count). The molecule has 0 radical (unpaired) electrons. The number of allylic oxidation sites excluding steroid dienone is 6. The minimum atomic E-state index is -1.17. The van der Waals surface area contributed by atoms with Gasteiger partial charge in [-0.15, -0.1) is 0 Å². The van der Waals surface area contributed by atoms with Crippen LogP contribution in [0.25, 0.3) is 0 Å². The zero-order chi connectivity index (χ0) is 33.0. The number of carbonyl (C=O) groups excluding carboxylic acids is 2. The van der Waals surface area contributed by atoms with Crippen molar-refractivity contribution in [2.75, 3.05) is 14.2 Å². The molecule has 0 aromatic heterocycles. The van der Waals surface area contributed by atoms with Gasteiger partial charge in [0.1, 0.15) is 12.2 Å².